The molecule has 0 atom stereocenters. The molecule has 188 valence electrons. The lowest BCUT2D eigenvalue weighted by atomic mass is 10.0. The van der Waals surface area contributed by atoms with Gasteiger partial charge >= 0.3 is 6.18 Å². The number of aromatic nitrogens is 1. The maximum Gasteiger partial charge on any atom is 0.416 e. The highest BCUT2D eigenvalue weighted by Crippen LogP contribution is 2.39. The molecule has 1 fully saturated rings. The van der Waals surface area contributed by atoms with Crippen LogP contribution in [0.15, 0.2) is 102 Å². The van der Waals surface area contributed by atoms with Crippen LogP contribution in [0.5, 0.6) is 0 Å². The lowest BCUT2D eigenvalue weighted by Gasteiger charge is -2.16. The second-order valence-corrected chi connectivity index (χ2v) is 10.6. The Morgan fingerprint density at radius 3 is 2.39 bits per heavy atom. The zero-order valence-electron chi connectivity index (χ0n) is 19.8. The predicted octanol–water partition coefficient (Wildman–Crippen LogP) is 8.27. The molecule has 38 heavy (non-hydrogen) atoms. The molecular weight excluding hydrogens is 525 g/mol. The van der Waals surface area contributed by atoms with Gasteiger partial charge in [-0.15, -0.1) is 0 Å². The molecule has 6 rings (SSSR count). The van der Waals surface area contributed by atoms with E-state index < -0.39 is 17.6 Å². The largest absolute Gasteiger partial charge is 0.416 e. The van der Waals surface area contributed by atoms with Crippen molar-refractivity contribution in [3.63, 3.8) is 0 Å². The molecule has 1 aromatic heterocycles. The summed E-state index contributed by atoms with van der Waals surface area (Å²) < 4.78 is 42.1. The minimum atomic E-state index is -4.52. The number of thioether (sulfide) groups is 1. The first-order valence-corrected chi connectivity index (χ1v) is 13.0. The van der Waals surface area contributed by atoms with Crippen molar-refractivity contribution in [1.29, 1.82) is 0 Å². The zero-order chi connectivity index (χ0) is 26.4. The summed E-state index contributed by atoms with van der Waals surface area (Å²) >= 11 is 6.49. The van der Waals surface area contributed by atoms with E-state index in [4.69, 9.17) is 12.2 Å². The molecule has 1 saturated heterocycles. The van der Waals surface area contributed by atoms with Crippen LogP contribution in [0.25, 0.3) is 27.8 Å². The summed E-state index contributed by atoms with van der Waals surface area (Å²) in [4.78, 5) is 14.8. The van der Waals surface area contributed by atoms with Crippen LogP contribution in [-0.4, -0.2) is 14.8 Å². The van der Waals surface area contributed by atoms with Gasteiger partial charge in [-0.2, -0.15) is 13.2 Å². The number of carbonyl (C=O) groups excluding carboxylic acids is 1. The van der Waals surface area contributed by atoms with Crippen LogP contribution in [0.2, 0.25) is 0 Å². The summed E-state index contributed by atoms with van der Waals surface area (Å²) in [7, 11) is 0. The minimum Gasteiger partial charge on any atom is -0.342 e. The number of benzene rings is 4. The third-order valence-corrected chi connectivity index (χ3v) is 7.85. The number of hydrogen-bond acceptors (Lipinski definition) is 3. The van der Waals surface area contributed by atoms with Crippen molar-refractivity contribution in [2.75, 3.05) is 4.90 Å². The first kappa shape index (κ1) is 24.5. The van der Waals surface area contributed by atoms with Crippen molar-refractivity contribution >= 4 is 67.6 Å². The fourth-order valence-corrected chi connectivity index (χ4v) is 6.08. The molecule has 8 heteroatoms. The number of para-hydroxylation sites is 1. The van der Waals surface area contributed by atoms with Gasteiger partial charge in [-0.25, -0.2) is 0 Å². The molecule has 0 spiro atoms. The van der Waals surface area contributed by atoms with Crippen LogP contribution in [0.1, 0.15) is 16.7 Å². The zero-order valence-corrected chi connectivity index (χ0v) is 21.4. The first-order valence-electron chi connectivity index (χ1n) is 11.8. The molecule has 0 bridgehead atoms. The van der Waals surface area contributed by atoms with Crippen molar-refractivity contribution < 1.29 is 18.0 Å². The van der Waals surface area contributed by atoms with Crippen molar-refractivity contribution in [2.45, 2.75) is 12.7 Å². The van der Waals surface area contributed by atoms with E-state index in [-0.39, 0.29) is 10.0 Å². The summed E-state index contributed by atoms with van der Waals surface area (Å²) in [6.45, 7) is 0.640. The summed E-state index contributed by atoms with van der Waals surface area (Å²) in [5.41, 5.74) is 2.30. The number of thiocarbonyl (C=S) groups is 1. The van der Waals surface area contributed by atoms with E-state index in [1.807, 2.05) is 48.7 Å². The Balaban J connectivity index is 1.37. The fourth-order valence-electron chi connectivity index (χ4n) is 4.79. The third kappa shape index (κ3) is 4.40. The van der Waals surface area contributed by atoms with Gasteiger partial charge in [0.1, 0.15) is 0 Å². The number of alkyl halides is 3. The second-order valence-electron chi connectivity index (χ2n) is 8.93. The molecule has 0 saturated carbocycles. The van der Waals surface area contributed by atoms with Crippen LogP contribution < -0.4 is 4.90 Å². The van der Waals surface area contributed by atoms with Crippen LogP contribution >= 0.6 is 24.0 Å². The molecule has 5 aromatic rings. The molecule has 3 nitrogen and oxygen atoms in total. The Bertz CT molecular complexity index is 1770. The van der Waals surface area contributed by atoms with Crippen molar-refractivity contribution in [3.05, 3.63) is 119 Å². The van der Waals surface area contributed by atoms with Crippen LogP contribution in [-0.2, 0) is 17.5 Å². The SMILES string of the molecule is O=C1/C(=C\c2cn(Cc3cccc4ccccc34)c3ccccc23)SC(=S)N1c1cccc(C(F)(F)F)c1. The average Bonchev–Trinajstić information content (AvgIpc) is 3.39. The number of rotatable bonds is 4. The molecular formula is C30H19F3N2OS2. The quantitative estimate of drug-likeness (QED) is 0.168. The van der Waals surface area contributed by atoms with E-state index in [0.717, 1.165) is 45.3 Å². The monoisotopic (exact) mass is 544 g/mol. The number of amides is 1. The van der Waals surface area contributed by atoms with Crippen molar-refractivity contribution in [1.82, 2.24) is 4.57 Å². The Hall–Kier alpha value is -3.88. The van der Waals surface area contributed by atoms with E-state index in [9.17, 15) is 18.0 Å². The van der Waals surface area contributed by atoms with Gasteiger partial charge in [0.15, 0.2) is 4.32 Å². The van der Waals surface area contributed by atoms with Crippen molar-refractivity contribution in [2.24, 2.45) is 0 Å². The summed E-state index contributed by atoms with van der Waals surface area (Å²) in [6.07, 6.45) is -0.740. The summed E-state index contributed by atoms with van der Waals surface area (Å²) in [5, 5.41) is 3.31. The number of halogens is 3. The van der Waals surface area contributed by atoms with Crippen molar-refractivity contribution in [3.8, 4) is 0 Å². The molecule has 0 N–H and O–H groups in total. The lowest BCUT2D eigenvalue weighted by Crippen LogP contribution is -2.27. The highest BCUT2D eigenvalue weighted by molar-refractivity contribution is 8.27. The van der Waals surface area contributed by atoms with Gasteiger partial charge < -0.3 is 4.57 Å². The predicted molar refractivity (Wildman–Crippen MR) is 152 cm³/mol. The first-order chi connectivity index (χ1) is 18.3. The van der Waals surface area contributed by atoms with Gasteiger partial charge in [-0.3, -0.25) is 9.69 Å². The number of fused-ring (bicyclic) bond motifs is 2. The highest BCUT2D eigenvalue weighted by Gasteiger charge is 2.36. The molecule has 0 radical (unpaired) electrons. The van der Waals surface area contributed by atoms with Gasteiger partial charge in [0, 0.05) is 29.2 Å². The Morgan fingerprint density at radius 1 is 0.868 bits per heavy atom. The molecule has 2 heterocycles. The Kier molecular flexibility index (Phi) is 6.08. The standard InChI is InChI=1S/C30H19F3N2OS2/c31-30(32,33)22-10-6-11-23(16-22)35-28(36)27(38-29(35)37)15-21-18-34(26-14-4-3-13-25(21)26)17-20-9-5-8-19-7-1-2-12-24(19)20/h1-16,18H,17H2/b27-15+. The highest BCUT2D eigenvalue weighted by atomic mass is 32.2. The number of carbonyl (C=O) groups is 1. The lowest BCUT2D eigenvalue weighted by molar-refractivity contribution is -0.137. The fraction of sp³-hybridized carbons (Fsp3) is 0.0667. The van der Waals surface area contributed by atoms with E-state index in [2.05, 4.69) is 28.8 Å². The van der Waals surface area contributed by atoms with Gasteiger partial charge in [0.25, 0.3) is 5.91 Å². The van der Waals surface area contributed by atoms with Gasteiger partial charge in [0.05, 0.1) is 16.2 Å². The number of nitrogens with zero attached hydrogens (tertiary/aromatic N) is 2. The minimum absolute atomic E-state index is 0.101. The number of hydrogen-bond donors (Lipinski definition) is 0. The Morgan fingerprint density at radius 2 is 1.58 bits per heavy atom. The second kappa shape index (κ2) is 9.45. The smallest absolute Gasteiger partial charge is 0.342 e. The summed E-state index contributed by atoms with van der Waals surface area (Å²) in [5.74, 6) is -0.440. The Labute approximate surface area is 226 Å². The molecule has 1 aliphatic rings. The maximum atomic E-state index is 13.3. The van der Waals surface area contributed by atoms with Crippen LogP contribution in [0, 0.1) is 0 Å². The van der Waals surface area contributed by atoms with Crippen LogP contribution in [0.3, 0.4) is 0 Å². The molecule has 0 unspecified atom stereocenters. The molecule has 0 aliphatic carbocycles. The topological polar surface area (TPSA) is 25.2 Å². The van der Waals surface area contributed by atoms with E-state index in [0.29, 0.717) is 11.4 Å². The molecule has 4 aromatic carbocycles. The average molecular weight is 545 g/mol. The molecule has 1 amide bonds. The normalized spacial score (nSPS) is 15.3. The molecule has 1 aliphatic heterocycles. The van der Waals surface area contributed by atoms with E-state index in [1.54, 1.807) is 6.08 Å². The van der Waals surface area contributed by atoms with E-state index in [1.165, 1.54) is 28.5 Å². The maximum absolute atomic E-state index is 13.3. The van der Waals surface area contributed by atoms with Gasteiger partial charge in [-0.1, -0.05) is 90.7 Å². The van der Waals surface area contributed by atoms with Crippen LogP contribution in [0.4, 0.5) is 18.9 Å². The summed E-state index contributed by atoms with van der Waals surface area (Å²) in [6, 6.07) is 27.1. The van der Waals surface area contributed by atoms with Gasteiger partial charge in [0.2, 0.25) is 0 Å². The van der Waals surface area contributed by atoms with E-state index >= 15 is 0 Å². The number of anilines is 1. The van der Waals surface area contributed by atoms with Gasteiger partial charge in [-0.05, 0) is 46.7 Å². The third-order valence-electron chi connectivity index (χ3n) is 6.55.